The topological polar surface area (TPSA) is 36.6 Å². The number of rotatable bonds is 7. The zero-order valence-corrected chi connectivity index (χ0v) is 13.3. The van der Waals surface area contributed by atoms with Crippen LogP contribution in [0.25, 0.3) is 11.3 Å². The average molecular weight is 338 g/mol. The lowest BCUT2D eigenvalue weighted by Gasteiger charge is -2.18. The van der Waals surface area contributed by atoms with Crippen LogP contribution in [0.5, 0.6) is 0 Å². The molecule has 2 aromatic rings. The summed E-state index contributed by atoms with van der Waals surface area (Å²) in [6, 6.07) is 12.1. The molecular formula is C16H20BrNO2. The maximum atomic E-state index is 9.07. The number of furan rings is 1. The van der Waals surface area contributed by atoms with E-state index in [2.05, 4.69) is 27.8 Å². The van der Waals surface area contributed by atoms with E-state index >= 15 is 0 Å². The van der Waals surface area contributed by atoms with E-state index in [1.165, 1.54) is 0 Å². The van der Waals surface area contributed by atoms with Crippen molar-refractivity contribution in [3.8, 4) is 11.3 Å². The van der Waals surface area contributed by atoms with Crippen LogP contribution >= 0.6 is 15.9 Å². The number of hydrogen-bond donors (Lipinski definition) is 1. The van der Waals surface area contributed by atoms with E-state index in [0.29, 0.717) is 6.54 Å². The Morgan fingerprint density at radius 2 is 1.85 bits per heavy atom. The number of benzene rings is 1. The van der Waals surface area contributed by atoms with E-state index in [4.69, 9.17) is 9.52 Å². The molecule has 3 nitrogen and oxygen atoms in total. The second kappa shape index (κ2) is 7.62. The van der Waals surface area contributed by atoms with Crippen molar-refractivity contribution < 1.29 is 9.52 Å². The summed E-state index contributed by atoms with van der Waals surface area (Å²) in [4.78, 5) is 2.20. The molecule has 20 heavy (non-hydrogen) atoms. The van der Waals surface area contributed by atoms with Crippen molar-refractivity contribution in [3.63, 3.8) is 0 Å². The van der Waals surface area contributed by atoms with Crippen LogP contribution in [0.1, 0.15) is 19.1 Å². The van der Waals surface area contributed by atoms with Crippen molar-refractivity contribution in [2.45, 2.75) is 19.9 Å². The normalized spacial score (nSPS) is 11.2. The zero-order chi connectivity index (χ0) is 14.4. The van der Waals surface area contributed by atoms with E-state index in [0.717, 1.165) is 41.1 Å². The van der Waals surface area contributed by atoms with Gasteiger partial charge in [0.15, 0.2) is 0 Å². The molecule has 1 aromatic heterocycles. The van der Waals surface area contributed by atoms with Gasteiger partial charge < -0.3 is 9.52 Å². The molecule has 0 fully saturated rings. The zero-order valence-electron chi connectivity index (χ0n) is 11.7. The summed E-state index contributed by atoms with van der Waals surface area (Å²) in [5.41, 5.74) is 1.07. The summed E-state index contributed by atoms with van der Waals surface area (Å²) in [7, 11) is 0. The molecule has 0 bridgehead atoms. The SMILES string of the molecule is CCCN(CCO)Cc1ccc(-c2ccc(Br)cc2)o1. The number of halogens is 1. The minimum Gasteiger partial charge on any atom is -0.460 e. The molecule has 0 amide bonds. The Morgan fingerprint density at radius 1 is 1.10 bits per heavy atom. The van der Waals surface area contributed by atoms with E-state index in [-0.39, 0.29) is 6.61 Å². The van der Waals surface area contributed by atoms with E-state index in [1.54, 1.807) is 0 Å². The monoisotopic (exact) mass is 337 g/mol. The first kappa shape index (κ1) is 15.3. The first-order valence-electron chi connectivity index (χ1n) is 6.90. The van der Waals surface area contributed by atoms with Crippen LogP contribution < -0.4 is 0 Å². The molecule has 4 heteroatoms. The number of aliphatic hydroxyl groups excluding tert-OH is 1. The lowest BCUT2D eigenvalue weighted by atomic mass is 10.2. The van der Waals surface area contributed by atoms with Gasteiger partial charge in [-0.25, -0.2) is 0 Å². The van der Waals surface area contributed by atoms with Crippen molar-refractivity contribution in [2.24, 2.45) is 0 Å². The van der Waals surface area contributed by atoms with E-state index < -0.39 is 0 Å². The number of aliphatic hydroxyl groups is 1. The highest BCUT2D eigenvalue weighted by molar-refractivity contribution is 9.10. The minimum absolute atomic E-state index is 0.181. The fraction of sp³-hybridized carbons (Fsp3) is 0.375. The highest BCUT2D eigenvalue weighted by Crippen LogP contribution is 2.24. The van der Waals surface area contributed by atoms with Crippen LogP contribution in [0.4, 0.5) is 0 Å². The molecule has 0 unspecified atom stereocenters. The van der Waals surface area contributed by atoms with Crippen LogP contribution in [-0.4, -0.2) is 29.7 Å². The lowest BCUT2D eigenvalue weighted by molar-refractivity contribution is 0.181. The Balaban J connectivity index is 2.06. The Kier molecular flexibility index (Phi) is 5.83. The smallest absolute Gasteiger partial charge is 0.134 e. The van der Waals surface area contributed by atoms with Crippen LogP contribution in [0.2, 0.25) is 0 Å². The molecule has 0 saturated heterocycles. The quantitative estimate of drug-likeness (QED) is 0.831. The Labute approximate surface area is 128 Å². The van der Waals surface area contributed by atoms with Gasteiger partial charge >= 0.3 is 0 Å². The second-order valence-electron chi connectivity index (χ2n) is 4.77. The van der Waals surface area contributed by atoms with Gasteiger partial charge in [-0.3, -0.25) is 4.90 Å². The molecule has 0 spiro atoms. The van der Waals surface area contributed by atoms with Gasteiger partial charge in [0.25, 0.3) is 0 Å². The molecule has 0 radical (unpaired) electrons. The predicted molar refractivity (Wildman–Crippen MR) is 84.5 cm³/mol. The van der Waals surface area contributed by atoms with Gasteiger partial charge in [-0.2, -0.15) is 0 Å². The molecule has 1 N–H and O–H groups in total. The van der Waals surface area contributed by atoms with Gasteiger partial charge in [-0.15, -0.1) is 0 Å². The van der Waals surface area contributed by atoms with E-state index in [1.807, 2.05) is 36.4 Å². The summed E-state index contributed by atoms with van der Waals surface area (Å²) < 4.78 is 6.95. The third-order valence-corrected chi connectivity index (χ3v) is 3.65. The largest absolute Gasteiger partial charge is 0.460 e. The summed E-state index contributed by atoms with van der Waals surface area (Å²) in [5.74, 6) is 1.82. The molecule has 2 rings (SSSR count). The Bertz CT molecular complexity index is 516. The van der Waals surface area contributed by atoms with Crippen molar-refractivity contribution in [1.82, 2.24) is 4.90 Å². The van der Waals surface area contributed by atoms with Crippen LogP contribution in [0.3, 0.4) is 0 Å². The third kappa shape index (κ3) is 4.20. The number of nitrogens with zero attached hydrogens (tertiary/aromatic N) is 1. The van der Waals surface area contributed by atoms with Crippen molar-refractivity contribution in [3.05, 3.63) is 46.6 Å². The van der Waals surface area contributed by atoms with Gasteiger partial charge in [0, 0.05) is 16.6 Å². The lowest BCUT2D eigenvalue weighted by Crippen LogP contribution is -2.27. The molecule has 1 heterocycles. The maximum absolute atomic E-state index is 9.07. The van der Waals surface area contributed by atoms with Crippen molar-refractivity contribution in [2.75, 3.05) is 19.7 Å². The van der Waals surface area contributed by atoms with E-state index in [9.17, 15) is 0 Å². The highest BCUT2D eigenvalue weighted by Gasteiger charge is 2.09. The third-order valence-electron chi connectivity index (χ3n) is 3.13. The van der Waals surface area contributed by atoms with Crippen LogP contribution in [-0.2, 0) is 6.54 Å². The Morgan fingerprint density at radius 3 is 2.50 bits per heavy atom. The first-order valence-corrected chi connectivity index (χ1v) is 7.70. The summed E-state index contributed by atoms with van der Waals surface area (Å²) in [5, 5.41) is 9.07. The highest BCUT2D eigenvalue weighted by atomic mass is 79.9. The molecule has 0 aliphatic heterocycles. The molecule has 0 aliphatic carbocycles. The van der Waals surface area contributed by atoms with Gasteiger partial charge in [0.05, 0.1) is 13.2 Å². The summed E-state index contributed by atoms with van der Waals surface area (Å²) >= 11 is 3.43. The van der Waals surface area contributed by atoms with Gasteiger partial charge in [0.2, 0.25) is 0 Å². The number of hydrogen-bond acceptors (Lipinski definition) is 3. The van der Waals surface area contributed by atoms with Crippen molar-refractivity contribution >= 4 is 15.9 Å². The fourth-order valence-electron chi connectivity index (χ4n) is 2.18. The molecule has 0 saturated carbocycles. The second-order valence-corrected chi connectivity index (χ2v) is 5.69. The molecule has 108 valence electrons. The summed E-state index contributed by atoms with van der Waals surface area (Å²) in [6.45, 7) is 4.71. The standard InChI is InChI=1S/C16H20BrNO2/c1-2-9-18(10-11-19)12-15-7-8-16(20-15)13-3-5-14(17)6-4-13/h3-8,19H,2,9-12H2,1H3. The van der Waals surface area contributed by atoms with Crippen molar-refractivity contribution in [1.29, 1.82) is 0 Å². The fourth-order valence-corrected chi connectivity index (χ4v) is 2.44. The van der Waals surface area contributed by atoms with Crippen LogP contribution in [0.15, 0.2) is 45.3 Å². The molecule has 0 atom stereocenters. The predicted octanol–water partition coefficient (Wildman–Crippen LogP) is 3.91. The maximum Gasteiger partial charge on any atom is 0.134 e. The first-order chi connectivity index (χ1) is 9.72. The summed E-state index contributed by atoms with van der Waals surface area (Å²) in [6.07, 6.45) is 1.07. The molecule has 0 aliphatic rings. The van der Waals surface area contributed by atoms with Crippen LogP contribution in [0, 0.1) is 0 Å². The van der Waals surface area contributed by atoms with Gasteiger partial charge in [-0.05, 0) is 37.2 Å². The average Bonchev–Trinajstić information content (AvgIpc) is 2.89. The molecule has 1 aromatic carbocycles. The molecular weight excluding hydrogens is 318 g/mol. The Hall–Kier alpha value is -1.10. The minimum atomic E-state index is 0.181. The van der Waals surface area contributed by atoms with Gasteiger partial charge in [-0.1, -0.05) is 35.0 Å². The van der Waals surface area contributed by atoms with Gasteiger partial charge in [0.1, 0.15) is 11.5 Å².